The lowest BCUT2D eigenvalue weighted by Gasteiger charge is -2.11. The topological polar surface area (TPSA) is 70.6 Å². The van der Waals surface area contributed by atoms with Gasteiger partial charge in [-0.1, -0.05) is 31.5 Å². The molecule has 0 aromatic heterocycles. The van der Waals surface area contributed by atoms with Crippen molar-refractivity contribution in [2.45, 2.75) is 26.4 Å². The Kier molecular flexibility index (Phi) is 9.89. The maximum absolute atomic E-state index is 13.3. The summed E-state index contributed by atoms with van der Waals surface area (Å²) in [5, 5.41) is 12.9. The summed E-state index contributed by atoms with van der Waals surface area (Å²) < 4.78 is 13.3. The van der Waals surface area contributed by atoms with E-state index in [0.29, 0.717) is 11.5 Å². The molecule has 0 aliphatic rings. The fourth-order valence-electron chi connectivity index (χ4n) is 1.55. The molecule has 0 saturated heterocycles. The molecule has 0 aliphatic carbocycles. The van der Waals surface area contributed by atoms with Crippen LogP contribution in [0.15, 0.2) is 23.2 Å². The van der Waals surface area contributed by atoms with E-state index in [1.165, 1.54) is 12.1 Å². The molecule has 0 bridgehead atoms. The van der Waals surface area contributed by atoms with E-state index in [0.717, 1.165) is 13.0 Å². The van der Waals surface area contributed by atoms with Gasteiger partial charge in [-0.05, 0) is 30.0 Å². The van der Waals surface area contributed by atoms with Crippen LogP contribution in [-0.2, 0) is 0 Å². The second-order valence-electron chi connectivity index (χ2n) is 5.02. The zero-order valence-corrected chi connectivity index (χ0v) is 15.2. The third kappa shape index (κ3) is 7.82. The minimum absolute atomic E-state index is 0. The number of nitrogens with zero attached hydrogens (tertiary/aromatic N) is 1. The van der Waals surface area contributed by atoms with Crippen molar-refractivity contribution in [2.75, 3.05) is 13.1 Å². The molecule has 120 valence electrons. The molecule has 1 atom stereocenters. The zero-order valence-electron chi connectivity index (χ0n) is 12.1. The lowest BCUT2D eigenvalue weighted by Crippen LogP contribution is -2.33. The van der Waals surface area contributed by atoms with Crippen molar-refractivity contribution in [1.29, 1.82) is 0 Å². The van der Waals surface area contributed by atoms with E-state index in [2.05, 4.69) is 24.2 Å². The number of nitrogens with two attached hydrogens (primary N) is 1. The highest BCUT2D eigenvalue weighted by Crippen LogP contribution is 2.20. The van der Waals surface area contributed by atoms with Crippen LogP contribution in [0, 0.1) is 11.7 Å². The average Bonchev–Trinajstić information content (AvgIpc) is 2.38. The maximum Gasteiger partial charge on any atom is 0.188 e. The molecule has 0 spiro atoms. The summed E-state index contributed by atoms with van der Waals surface area (Å²) in [6.45, 7) is 5.04. The third-order valence-corrected chi connectivity index (χ3v) is 3.10. The molecule has 7 heteroatoms. The molecular weight excluding hydrogens is 408 g/mol. The summed E-state index contributed by atoms with van der Waals surface area (Å²) in [5.74, 6) is 0.298. The molecule has 0 radical (unpaired) electrons. The first-order valence-electron chi connectivity index (χ1n) is 6.57. The highest BCUT2D eigenvalue weighted by Gasteiger charge is 2.09. The van der Waals surface area contributed by atoms with E-state index in [9.17, 15) is 9.50 Å². The maximum atomic E-state index is 13.3. The van der Waals surface area contributed by atoms with E-state index >= 15 is 0 Å². The fraction of sp³-hybridized carbons (Fsp3) is 0.500. The number of guanidine groups is 1. The molecular formula is C14H22ClFIN3O. The Morgan fingerprint density at radius 2 is 2.14 bits per heavy atom. The van der Waals surface area contributed by atoms with Gasteiger partial charge in [0, 0.05) is 6.54 Å². The lowest BCUT2D eigenvalue weighted by molar-refractivity contribution is 0.186. The van der Waals surface area contributed by atoms with Gasteiger partial charge in [-0.3, -0.25) is 4.99 Å². The summed E-state index contributed by atoms with van der Waals surface area (Å²) in [6.07, 6.45) is 0.0773. The zero-order chi connectivity index (χ0) is 15.1. The minimum atomic E-state index is -0.910. The van der Waals surface area contributed by atoms with Crippen LogP contribution in [0.5, 0.6) is 0 Å². The second kappa shape index (κ2) is 10.2. The first kappa shape index (κ1) is 20.4. The normalized spacial score (nSPS) is 13.0. The lowest BCUT2D eigenvalue weighted by atomic mass is 10.1. The third-order valence-electron chi connectivity index (χ3n) is 2.79. The number of nitrogens with one attached hydrogen (secondary N) is 1. The largest absolute Gasteiger partial charge is 0.386 e. The van der Waals surface area contributed by atoms with Crippen LogP contribution in [0.1, 0.15) is 31.9 Å². The highest BCUT2D eigenvalue weighted by atomic mass is 127. The SMILES string of the molecule is CC(C)CCNC(N)=NCC(O)c1ccc(Cl)c(F)c1.I. The van der Waals surface area contributed by atoms with Crippen molar-refractivity contribution >= 4 is 41.5 Å². The average molecular weight is 430 g/mol. The molecule has 1 aromatic carbocycles. The van der Waals surface area contributed by atoms with Crippen LogP contribution in [-0.4, -0.2) is 24.2 Å². The molecule has 4 nitrogen and oxygen atoms in total. The predicted molar refractivity (Wildman–Crippen MR) is 95.7 cm³/mol. The molecule has 1 unspecified atom stereocenters. The van der Waals surface area contributed by atoms with Gasteiger partial charge in [0.05, 0.1) is 17.7 Å². The molecule has 0 aliphatic heterocycles. The Balaban J connectivity index is 0.00000400. The van der Waals surface area contributed by atoms with Gasteiger partial charge >= 0.3 is 0 Å². The Morgan fingerprint density at radius 1 is 1.48 bits per heavy atom. The van der Waals surface area contributed by atoms with Gasteiger partial charge in [-0.15, -0.1) is 24.0 Å². The summed E-state index contributed by atoms with van der Waals surface area (Å²) in [6, 6.07) is 4.17. The van der Waals surface area contributed by atoms with Crippen molar-refractivity contribution < 1.29 is 9.50 Å². The van der Waals surface area contributed by atoms with Crippen molar-refractivity contribution in [2.24, 2.45) is 16.6 Å². The van der Waals surface area contributed by atoms with Crippen molar-refractivity contribution in [3.05, 3.63) is 34.6 Å². The van der Waals surface area contributed by atoms with Gasteiger partial charge in [0.15, 0.2) is 5.96 Å². The summed E-state index contributed by atoms with van der Waals surface area (Å²) in [5.41, 5.74) is 6.09. The summed E-state index contributed by atoms with van der Waals surface area (Å²) >= 11 is 5.58. The molecule has 0 fully saturated rings. The number of rotatable bonds is 6. The van der Waals surface area contributed by atoms with Crippen LogP contribution >= 0.6 is 35.6 Å². The monoisotopic (exact) mass is 429 g/mol. The minimum Gasteiger partial charge on any atom is -0.386 e. The van der Waals surface area contributed by atoms with Gasteiger partial charge in [0.25, 0.3) is 0 Å². The van der Waals surface area contributed by atoms with E-state index in [1.54, 1.807) is 6.07 Å². The number of benzene rings is 1. The quantitative estimate of drug-likeness (QED) is 0.370. The summed E-state index contributed by atoms with van der Waals surface area (Å²) in [4.78, 5) is 4.03. The van der Waals surface area contributed by atoms with Crippen LogP contribution < -0.4 is 11.1 Å². The van der Waals surface area contributed by atoms with E-state index < -0.39 is 11.9 Å². The van der Waals surface area contributed by atoms with E-state index in [-0.39, 0.29) is 41.5 Å². The highest BCUT2D eigenvalue weighted by molar-refractivity contribution is 14.0. The Hall–Kier alpha value is -0.600. The molecule has 21 heavy (non-hydrogen) atoms. The number of aliphatic hydroxyl groups is 1. The van der Waals surface area contributed by atoms with Gasteiger partial charge in [-0.2, -0.15) is 0 Å². The van der Waals surface area contributed by atoms with Crippen molar-refractivity contribution in [3.8, 4) is 0 Å². The number of aliphatic hydroxyl groups excluding tert-OH is 1. The molecule has 0 amide bonds. The molecule has 4 N–H and O–H groups in total. The molecule has 0 heterocycles. The Morgan fingerprint density at radius 3 is 2.71 bits per heavy atom. The van der Waals surface area contributed by atoms with Crippen molar-refractivity contribution in [1.82, 2.24) is 5.32 Å². The van der Waals surface area contributed by atoms with Crippen molar-refractivity contribution in [3.63, 3.8) is 0 Å². The number of aliphatic imine (C=N–C) groups is 1. The predicted octanol–water partition coefficient (Wildman–Crippen LogP) is 3.08. The van der Waals surface area contributed by atoms with Gasteiger partial charge < -0.3 is 16.2 Å². The van der Waals surface area contributed by atoms with E-state index in [1.807, 2.05) is 0 Å². The number of hydrogen-bond acceptors (Lipinski definition) is 2. The van der Waals surface area contributed by atoms with E-state index in [4.69, 9.17) is 17.3 Å². The smallest absolute Gasteiger partial charge is 0.188 e. The Labute approximate surface area is 147 Å². The van der Waals surface area contributed by atoms with Crippen LogP contribution in [0.3, 0.4) is 0 Å². The standard InChI is InChI=1S/C14H21ClFN3O.HI/c1-9(2)5-6-18-14(17)19-8-13(20)10-3-4-11(15)12(16)7-10;/h3-4,7,9,13,20H,5-6,8H2,1-2H3,(H3,17,18,19);1H. The summed E-state index contributed by atoms with van der Waals surface area (Å²) in [7, 11) is 0. The Bertz CT molecular complexity index is 472. The van der Waals surface area contributed by atoms with Crippen LogP contribution in [0.4, 0.5) is 4.39 Å². The molecule has 1 aromatic rings. The first-order chi connectivity index (χ1) is 9.40. The molecule has 0 saturated carbocycles. The second-order valence-corrected chi connectivity index (χ2v) is 5.43. The van der Waals surface area contributed by atoms with Gasteiger partial charge in [0.1, 0.15) is 5.82 Å². The van der Waals surface area contributed by atoms with Crippen LogP contribution in [0.2, 0.25) is 5.02 Å². The molecule has 1 rings (SSSR count). The first-order valence-corrected chi connectivity index (χ1v) is 6.94. The number of hydrogen-bond donors (Lipinski definition) is 3. The van der Waals surface area contributed by atoms with Gasteiger partial charge in [-0.25, -0.2) is 4.39 Å². The fourth-order valence-corrected chi connectivity index (χ4v) is 1.67. The number of halogens is 3. The van der Waals surface area contributed by atoms with Crippen LogP contribution in [0.25, 0.3) is 0 Å². The van der Waals surface area contributed by atoms with Gasteiger partial charge in [0.2, 0.25) is 0 Å².